The third-order valence-corrected chi connectivity index (χ3v) is 6.13. The molecule has 2 heterocycles. The summed E-state index contributed by atoms with van der Waals surface area (Å²) < 4.78 is 73.6. The second-order valence-corrected chi connectivity index (χ2v) is 8.40. The number of rotatable bonds is 6. The fourth-order valence-electron chi connectivity index (χ4n) is 3.44. The second kappa shape index (κ2) is 9.53. The van der Waals surface area contributed by atoms with E-state index in [1.807, 2.05) is 30.3 Å². The Kier molecular flexibility index (Phi) is 6.66. The molecule has 0 aliphatic carbocycles. The molecule has 0 fully saturated rings. The fourth-order valence-corrected chi connectivity index (χ4v) is 4.18. The van der Waals surface area contributed by atoms with E-state index in [9.17, 15) is 22.4 Å². The average Bonchev–Trinajstić information content (AvgIpc) is 2.82. The van der Waals surface area contributed by atoms with Crippen molar-refractivity contribution < 1.29 is 22.0 Å². The van der Waals surface area contributed by atoms with Crippen LogP contribution in [0.15, 0.2) is 59.5 Å². The Morgan fingerprint density at radius 3 is 2.49 bits per heavy atom. The van der Waals surface area contributed by atoms with Crippen molar-refractivity contribution in [2.75, 3.05) is 10.5 Å². The Hall–Kier alpha value is -3.67. The lowest BCUT2D eigenvalue weighted by atomic mass is 10.0. The van der Waals surface area contributed by atoms with Gasteiger partial charge in [-0.25, -0.2) is 13.8 Å². The van der Waals surface area contributed by atoms with E-state index in [0.29, 0.717) is 10.3 Å². The molecule has 0 aliphatic rings. The molecular formula is C23H18F5N5OS. The van der Waals surface area contributed by atoms with Crippen LogP contribution < -0.4 is 16.0 Å². The molecule has 2 aromatic carbocycles. The van der Waals surface area contributed by atoms with Gasteiger partial charge in [0.15, 0.2) is 11.6 Å². The molecule has 4 rings (SSSR count). The van der Waals surface area contributed by atoms with E-state index in [2.05, 4.69) is 14.7 Å². The van der Waals surface area contributed by atoms with Crippen LogP contribution in [0, 0.1) is 11.6 Å². The Balaban J connectivity index is 1.76. The molecule has 0 saturated carbocycles. The summed E-state index contributed by atoms with van der Waals surface area (Å²) in [6.07, 6.45) is -3.70. The van der Waals surface area contributed by atoms with Crippen LogP contribution in [0.25, 0.3) is 22.2 Å². The highest BCUT2D eigenvalue weighted by molar-refractivity contribution is 7.99. The third-order valence-electron chi connectivity index (χ3n) is 5.29. The summed E-state index contributed by atoms with van der Waals surface area (Å²) >= 11 is 1.12. The highest BCUT2D eigenvalue weighted by Crippen LogP contribution is 2.34. The van der Waals surface area contributed by atoms with Crippen LogP contribution in [0.3, 0.4) is 0 Å². The monoisotopic (exact) mass is 507 g/mol. The Bertz CT molecular complexity index is 1440. The van der Waals surface area contributed by atoms with Gasteiger partial charge in [-0.1, -0.05) is 30.3 Å². The summed E-state index contributed by atoms with van der Waals surface area (Å²) in [6.45, 7) is 0.761. The predicted molar refractivity (Wildman–Crippen MR) is 126 cm³/mol. The molecule has 6 nitrogen and oxygen atoms in total. The molecule has 0 amide bonds. The summed E-state index contributed by atoms with van der Waals surface area (Å²) in [5, 5.41) is 0.00493. The minimum absolute atomic E-state index is 0.00493. The van der Waals surface area contributed by atoms with Gasteiger partial charge in [-0.3, -0.25) is 9.36 Å². The van der Waals surface area contributed by atoms with Gasteiger partial charge in [0.2, 0.25) is 5.95 Å². The van der Waals surface area contributed by atoms with Gasteiger partial charge in [-0.15, -0.1) is 0 Å². The zero-order valence-electron chi connectivity index (χ0n) is 18.1. The highest BCUT2D eigenvalue weighted by Gasteiger charge is 2.39. The summed E-state index contributed by atoms with van der Waals surface area (Å²) in [6, 6.07) is 10.4. The fraction of sp³-hybridized carbons (Fsp3) is 0.174. The number of benzene rings is 2. The summed E-state index contributed by atoms with van der Waals surface area (Å²) in [5.74, 6) is -2.52. The van der Waals surface area contributed by atoms with Crippen molar-refractivity contribution in [1.29, 1.82) is 0 Å². The molecule has 0 saturated heterocycles. The summed E-state index contributed by atoms with van der Waals surface area (Å²) in [7, 11) is 0. The van der Waals surface area contributed by atoms with Gasteiger partial charge in [0.05, 0.1) is 11.3 Å². The maximum absolute atomic E-state index is 15.1. The first-order valence-electron chi connectivity index (χ1n) is 10.2. The first-order valence-corrected chi connectivity index (χ1v) is 11.2. The molecule has 1 atom stereocenters. The molecule has 0 radical (unpaired) electrons. The van der Waals surface area contributed by atoms with Crippen LogP contribution in [0.5, 0.6) is 0 Å². The van der Waals surface area contributed by atoms with Crippen molar-refractivity contribution in [3.8, 4) is 11.1 Å². The lowest BCUT2D eigenvalue weighted by Crippen LogP contribution is -2.34. The maximum Gasteiger partial charge on any atom is 0.409 e. The molecule has 3 N–H and O–H groups in total. The van der Waals surface area contributed by atoms with Crippen molar-refractivity contribution in [1.82, 2.24) is 14.5 Å². The normalized spacial score (nSPS) is 12.6. The SMILES string of the molecule is CC(n1c(=O)c(-c2ccc(NSCc3ccccc3)c(F)c2F)cc2cnc(N)nc21)C(F)(F)F. The van der Waals surface area contributed by atoms with Crippen molar-refractivity contribution in [3.63, 3.8) is 0 Å². The maximum atomic E-state index is 15.1. The standard InChI is InChI=1S/C23H18F5N5OS/c1-12(23(26,27)28)33-20-14(10-30-22(29)31-20)9-16(21(33)34)15-7-8-17(19(25)18(15)24)32-35-11-13-5-3-2-4-6-13/h2-10,12,32H,11H2,1H3,(H2,29,30,31). The first-order chi connectivity index (χ1) is 16.6. The van der Waals surface area contributed by atoms with Gasteiger partial charge in [-0.05, 0) is 42.6 Å². The van der Waals surface area contributed by atoms with E-state index < -0.39 is 40.5 Å². The molecular weight excluding hydrogens is 489 g/mol. The van der Waals surface area contributed by atoms with E-state index in [1.165, 1.54) is 6.07 Å². The lowest BCUT2D eigenvalue weighted by Gasteiger charge is -2.21. The number of halogens is 5. The number of pyridine rings is 1. The number of nitrogens with one attached hydrogen (secondary N) is 1. The molecule has 2 aromatic heterocycles. The number of hydrogen-bond acceptors (Lipinski definition) is 6. The largest absolute Gasteiger partial charge is 0.409 e. The first kappa shape index (κ1) is 24.5. The number of fused-ring (bicyclic) bond motifs is 1. The Morgan fingerprint density at radius 1 is 1.09 bits per heavy atom. The molecule has 35 heavy (non-hydrogen) atoms. The van der Waals surface area contributed by atoms with Crippen LogP contribution in [0.2, 0.25) is 0 Å². The zero-order valence-corrected chi connectivity index (χ0v) is 18.9. The summed E-state index contributed by atoms with van der Waals surface area (Å²) in [5.41, 5.74) is 3.76. The van der Waals surface area contributed by atoms with Gasteiger partial charge >= 0.3 is 6.18 Å². The van der Waals surface area contributed by atoms with Crippen molar-refractivity contribution in [2.24, 2.45) is 0 Å². The molecule has 0 bridgehead atoms. The van der Waals surface area contributed by atoms with E-state index in [-0.39, 0.29) is 22.7 Å². The number of alkyl halides is 3. The molecule has 0 aliphatic heterocycles. The average molecular weight is 507 g/mol. The van der Waals surface area contributed by atoms with Crippen molar-refractivity contribution in [2.45, 2.75) is 24.9 Å². The number of nitrogens with zero attached hydrogens (tertiary/aromatic N) is 3. The molecule has 4 aromatic rings. The molecule has 1 unspecified atom stereocenters. The van der Waals surface area contributed by atoms with Crippen LogP contribution in [0.4, 0.5) is 33.6 Å². The van der Waals surface area contributed by atoms with E-state index in [0.717, 1.165) is 42.8 Å². The van der Waals surface area contributed by atoms with Crippen LogP contribution in [-0.4, -0.2) is 20.7 Å². The van der Waals surface area contributed by atoms with Gasteiger partial charge in [0.25, 0.3) is 5.56 Å². The second-order valence-electron chi connectivity index (χ2n) is 7.62. The Morgan fingerprint density at radius 2 is 1.80 bits per heavy atom. The summed E-state index contributed by atoms with van der Waals surface area (Å²) in [4.78, 5) is 20.6. The lowest BCUT2D eigenvalue weighted by molar-refractivity contribution is -0.162. The minimum Gasteiger partial charge on any atom is -0.368 e. The predicted octanol–water partition coefficient (Wildman–Crippen LogP) is 5.70. The van der Waals surface area contributed by atoms with Crippen molar-refractivity contribution in [3.05, 3.63) is 82.3 Å². The number of anilines is 2. The number of hydrogen-bond donors (Lipinski definition) is 2. The van der Waals surface area contributed by atoms with E-state index in [4.69, 9.17) is 5.73 Å². The van der Waals surface area contributed by atoms with E-state index in [1.54, 1.807) is 0 Å². The van der Waals surface area contributed by atoms with E-state index >= 15 is 4.39 Å². The topological polar surface area (TPSA) is 85.8 Å². The Labute approximate surface area is 200 Å². The number of nitrogens with two attached hydrogens (primary N) is 1. The third kappa shape index (κ3) is 4.92. The van der Waals surface area contributed by atoms with Gasteiger partial charge in [0, 0.05) is 22.9 Å². The van der Waals surface area contributed by atoms with Crippen LogP contribution in [-0.2, 0) is 5.75 Å². The molecule has 12 heteroatoms. The van der Waals surface area contributed by atoms with Crippen molar-refractivity contribution >= 4 is 34.6 Å². The molecule has 0 spiro atoms. The van der Waals surface area contributed by atoms with Crippen LogP contribution >= 0.6 is 11.9 Å². The van der Waals surface area contributed by atoms with Crippen LogP contribution in [0.1, 0.15) is 18.5 Å². The number of nitrogen functional groups attached to an aromatic ring is 1. The number of aromatic nitrogens is 3. The van der Waals surface area contributed by atoms with Gasteiger partial charge < -0.3 is 10.5 Å². The quantitative estimate of drug-likeness (QED) is 0.257. The molecule has 182 valence electrons. The highest BCUT2D eigenvalue weighted by atomic mass is 32.2. The minimum atomic E-state index is -4.82. The van der Waals surface area contributed by atoms with Gasteiger partial charge in [0.1, 0.15) is 11.7 Å². The zero-order chi connectivity index (χ0) is 25.3. The van der Waals surface area contributed by atoms with Gasteiger partial charge in [-0.2, -0.15) is 18.2 Å². The smallest absolute Gasteiger partial charge is 0.368 e.